The number of nitro benzene ring substituents is 1. The number of para-hydroxylation sites is 2. The van der Waals surface area contributed by atoms with Gasteiger partial charge in [0.25, 0.3) is 5.69 Å². The van der Waals surface area contributed by atoms with Gasteiger partial charge in [-0.05, 0) is 24.8 Å². The number of benzene rings is 1. The topological polar surface area (TPSA) is 46.4 Å². The van der Waals surface area contributed by atoms with Gasteiger partial charge in [0.2, 0.25) is 0 Å². The van der Waals surface area contributed by atoms with Crippen molar-refractivity contribution in [2.24, 2.45) is 5.92 Å². The first-order valence-corrected chi connectivity index (χ1v) is 5.67. The Hall–Kier alpha value is -1.58. The van der Waals surface area contributed by atoms with Crippen LogP contribution in [0.15, 0.2) is 24.3 Å². The summed E-state index contributed by atoms with van der Waals surface area (Å²) in [6.45, 7) is 4.04. The minimum absolute atomic E-state index is 0.219. The molecular formula is C12H16N2O2. The van der Waals surface area contributed by atoms with Gasteiger partial charge in [0.05, 0.1) is 4.92 Å². The lowest BCUT2D eigenvalue weighted by Gasteiger charge is -2.32. The fourth-order valence-corrected chi connectivity index (χ4v) is 2.29. The summed E-state index contributed by atoms with van der Waals surface area (Å²) >= 11 is 0. The van der Waals surface area contributed by atoms with Crippen LogP contribution in [0.3, 0.4) is 0 Å². The Morgan fingerprint density at radius 2 is 2.19 bits per heavy atom. The third kappa shape index (κ3) is 2.15. The first kappa shape index (κ1) is 10.9. The van der Waals surface area contributed by atoms with Gasteiger partial charge in [-0.3, -0.25) is 10.1 Å². The molecule has 1 fully saturated rings. The number of anilines is 1. The first-order chi connectivity index (χ1) is 7.68. The fraction of sp³-hybridized carbons (Fsp3) is 0.500. The second kappa shape index (κ2) is 4.51. The Balaban J connectivity index is 2.28. The number of nitrogens with zero attached hydrogens (tertiary/aromatic N) is 2. The first-order valence-electron chi connectivity index (χ1n) is 5.67. The van der Waals surface area contributed by atoms with Crippen molar-refractivity contribution in [2.45, 2.75) is 19.8 Å². The van der Waals surface area contributed by atoms with Gasteiger partial charge in [0.15, 0.2) is 0 Å². The van der Waals surface area contributed by atoms with E-state index in [1.54, 1.807) is 12.1 Å². The summed E-state index contributed by atoms with van der Waals surface area (Å²) in [7, 11) is 0. The van der Waals surface area contributed by atoms with Gasteiger partial charge in [-0.2, -0.15) is 0 Å². The summed E-state index contributed by atoms with van der Waals surface area (Å²) in [6, 6.07) is 7.00. The molecule has 0 aromatic heterocycles. The summed E-state index contributed by atoms with van der Waals surface area (Å²) in [5.41, 5.74) is 0.982. The zero-order chi connectivity index (χ0) is 11.5. The van der Waals surface area contributed by atoms with E-state index < -0.39 is 0 Å². The normalized spacial score (nSPS) is 20.8. The molecule has 1 aromatic rings. The molecule has 0 amide bonds. The summed E-state index contributed by atoms with van der Waals surface area (Å²) in [4.78, 5) is 12.8. The molecule has 1 aromatic carbocycles. The average Bonchev–Trinajstić information content (AvgIpc) is 2.29. The lowest BCUT2D eigenvalue weighted by molar-refractivity contribution is -0.384. The van der Waals surface area contributed by atoms with Crippen molar-refractivity contribution < 1.29 is 4.92 Å². The van der Waals surface area contributed by atoms with Crippen molar-refractivity contribution in [2.75, 3.05) is 18.0 Å². The number of piperidine rings is 1. The molecule has 4 nitrogen and oxygen atoms in total. The maximum Gasteiger partial charge on any atom is 0.292 e. The Morgan fingerprint density at radius 1 is 1.44 bits per heavy atom. The third-order valence-corrected chi connectivity index (χ3v) is 3.08. The predicted molar refractivity (Wildman–Crippen MR) is 63.7 cm³/mol. The molecule has 1 heterocycles. The second-order valence-corrected chi connectivity index (χ2v) is 4.44. The third-order valence-electron chi connectivity index (χ3n) is 3.08. The summed E-state index contributed by atoms with van der Waals surface area (Å²) in [6.07, 6.45) is 2.34. The van der Waals surface area contributed by atoms with Crippen LogP contribution in [0.4, 0.5) is 11.4 Å². The SMILES string of the molecule is C[C@H]1CCCN(c2ccccc2[N+](=O)[O-])C1. The smallest absolute Gasteiger partial charge is 0.292 e. The van der Waals surface area contributed by atoms with E-state index in [1.807, 2.05) is 12.1 Å². The van der Waals surface area contributed by atoms with E-state index in [4.69, 9.17) is 0 Å². The van der Waals surface area contributed by atoms with Gasteiger partial charge in [0.1, 0.15) is 5.69 Å². The van der Waals surface area contributed by atoms with E-state index in [0.29, 0.717) is 5.92 Å². The van der Waals surface area contributed by atoms with Gasteiger partial charge < -0.3 is 4.90 Å². The van der Waals surface area contributed by atoms with Crippen LogP contribution in [0, 0.1) is 16.0 Å². The Morgan fingerprint density at radius 3 is 2.88 bits per heavy atom. The molecule has 0 radical (unpaired) electrons. The van der Waals surface area contributed by atoms with Crippen LogP contribution >= 0.6 is 0 Å². The highest BCUT2D eigenvalue weighted by molar-refractivity contribution is 5.63. The van der Waals surface area contributed by atoms with Crippen LogP contribution in [-0.2, 0) is 0 Å². The zero-order valence-corrected chi connectivity index (χ0v) is 9.43. The molecule has 4 heteroatoms. The van der Waals surface area contributed by atoms with Gasteiger partial charge in [-0.15, -0.1) is 0 Å². The van der Waals surface area contributed by atoms with Crippen molar-refractivity contribution in [1.29, 1.82) is 0 Å². The van der Waals surface area contributed by atoms with E-state index in [2.05, 4.69) is 11.8 Å². The monoisotopic (exact) mass is 220 g/mol. The van der Waals surface area contributed by atoms with Gasteiger partial charge in [-0.25, -0.2) is 0 Å². The molecule has 1 saturated heterocycles. The number of hydrogen-bond acceptors (Lipinski definition) is 3. The van der Waals surface area contributed by atoms with E-state index >= 15 is 0 Å². The molecule has 0 N–H and O–H groups in total. The van der Waals surface area contributed by atoms with Crippen LogP contribution < -0.4 is 4.90 Å². The average molecular weight is 220 g/mol. The molecule has 0 unspecified atom stereocenters. The summed E-state index contributed by atoms with van der Waals surface area (Å²) in [5.74, 6) is 0.619. The van der Waals surface area contributed by atoms with Gasteiger partial charge in [0, 0.05) is 19.2 Å². The summed E-state index contributed by atoms with van der Waals surface area (Å²) in [5, 5.41) is 10.9. The molecule has 86 valence electrons. The largest absolute Gasteiger partial charge is 0.366 e. The highest BCUT2D eigenvalue weighted by Crippen LogP contribution is 2.30. The van der Waals surface area contributed by atoms with E-state index in [-0.39, 0.29) is 10.6 Å². The number of rotatable bonds is 2. The molecule has 0 spiro atoms. The maximum atomic E-state index is 10.9. The zero-order valence-electron chi connectivity index (χ0n) is 9.43. The van der Waals surface area contributed by atoms with Gasteiger partial charge >= 0.3 is 0 Å². The Labute approximate surface area is 95.0 Å². The van der Waals surface area contributed by atoms with Crippen LogP contribution in [0.2, 0.25) is 0 Å². The van der Waals surface area contributed by atoms with Crippen molar-refractivity contribution >= 4 is 11.4 Å². The summed E-state index contributed by atoms with van der Waals surface area (Å²) < 4.78 is 0. The molecule has 0 saturated carbocycles. The van der Waals surface area contributed by atoms with Crippen LogP contribution in [0.1, 0.15) is 19.8 Å². The molecule has 1 aliphatic rings. The van der Waals surface area contributed by atoms with Gasteiger partial charge in [-0.1, -0.05) is 19.1 Å². The van der Waals surface area contributed by atoms with Crippen LogP contribution in [0.25, 0.3) is 0 Å². The molecule has 2 rings (SSSR count). The molecule has 0 aliphatic carbocycles. The molecule has 1 aliphatic heterocycles. The molecular weight excluding hydrogens is 204 g/mol. The highest BCUT2D eigenvalue weighted by Gasteiger charge is 2.22. The number of hydrogen-bond donors (Lipinski definition) is 0. The van der Waals surface area contributed by atoms with E-state index in [9.17, 15) is 10.1 Å². The minimum Gasteiger partial charge on any atom is -0.366 e. The van der Waals surface area contributed by atoms with Crippen molar-refractivity contribution in [3.8, 4) is 0 Å². The lowest BCUT2D eigenvalue weighted by Crippen LogP contribution is -2.34. The fourth-order valence-electron chi connectivity index (χ4n) is 2.29. The highest BCUT2D eigenvalue weighted by atomic mass is 16.6. The lowest BCUT2D eigenvalue weighted by atomic mass is 9.99. The van der Waals surface area contributed by atoms with E-state index in [0.717, 1.165) is 25.2 Å². The Kier molecular flexibility index (Phi) is 3.08. The predicted octanol–water partition coefficient (Wildman–Crippen LogP) is 2.83. The second-order valence-electron chi connectivity index (χ2n) is 4.44. The maximum absolute atomic E-state index is 10.9. The standard InChI is InChI=1S/C12H16N2O2/c1-10-5-4-8-13(9-10)11-6-2-3-7-12(11)14(15)16/h2-3,6-7,10H,4-5,8-9H2,1H3/t10-/m0/s1. The minimum atomic E-state index is -0.297. The van der Waals surface area contributed by atoms with Crippen LogP contribution in [-0.4, -0.2) is 18.0 Å². The molecule has 16 heavy (non-hydrogen) atoms. The quantitative estimate of drug-likeness (QED) is 0.568. The van der Waals surface area contributed by atoms with E-state index in [1.165, 1.54) is 6.42 Å². The molecule has 0 bridgehead atoms. The number of nitro groups is 1. The van der Waals surface area contributed by atoms with Crippen LogP contribution in [0.5, 0.6) is 0 Å². The van der Waals surface area contributed by atoms with Crippen molar-refractivity contribution in [3.05, 3.63) is 34.4 Å². The molecule has 1 atom stereocenters. The van der Waals surface area contributed by atoms with Crippen molar-refractivity contribution in [3.63, 3.8) is 0 Å². The Bertz CT molecular complexity index is 392. The van der Waals surface area contributed by atoms with Crippen molar-refractivity contribution in [1.82, 2.24) is 0 Å².